The molecule has 0 radical (unpaired) electrons. The Bertz CT molecular complexity index is 752. The zero-order valence-corrected chi connectivity index (χ0v) is 16.8. The number of aromatic nitrogens is 3. The van der Waals surface area contributed by atoms with E-state index in [0.29, 0.717) is 11.8 Å². The van der Waals surface area contributed by atoms with Crippen LogP contribution in [0, 0.1) is 6.92 Å². The zero-order chi connectivity index (χ0) is 18.5. The molecule has 1 aliphatic rings. The maximum Gasteiger partial charge on any atom is 0.233 e. The molecule has 0 unspecified atom stereocenters. The van der Waals surface area contributed by atoms with Gasteiger partial charge in [0.2, 0.25) is 5.91 Å². The van der Waals surface area contributed by atoms with Gasteiger partial charge in [0.15, 0.2) is 11.0 Å². The van der Waals surface area contributed by atoms with Crippen molar-refractivity contribution >= 4 is 17.7 Å². The lowest BCUT2D eigenvalue weighted by atomic mass is 9.94. The average Bonchev–Trinajstić information content (AvgIpc) is 3.02. The number of benzene rings is 1. The van der Waals surface area contributed by atoms with Crippen LogP contribution in [0.3, 0.4) is 0 Å². The number of hydrogen-bond donors (Lipinski definition) is 0. The summed E-state index contributed by atoms with van der Waals surface area (Å²) in [5.41, 5.74) is 2.25. The molecule has 140 valence electrons. The lowest BCUT2D eigenvalue weighted by Gasteiger charge is -2.33. The molecule has 1 aromatic heterocycles. The predicted octanol–water partition coefficient (Wildman–Crippen LogP) is 4.06. The largest absolute Gasteiger partial charge is 0.339 e. The summed E-state index contributed by atoms with van der Waals surface area (Å²) >= 11 is 1.48. The topological polar surface area (TPSA) is 51.0 Å². The minimum atomic E-state index is 0.213. The number of nitrogens with zero attached hydrogens (tertiary/aromatic N) is 4. The molecular formula is C20H28N4OS. The van der Waals surface area contributed by atoms with Crippen molar-refractivity contribution in [3.05, 3.63) is 29.8 Å². The number of carbonyl (C=O) groups is 1. The summed E-state index contributed by atoms with van der Waals surface area (Å²) in [7, 11) is 1.97. The summed E-state index contributed by atoms with van der Waals surface area (Å²) < 4.78 is 1.98. The van der Waals surface area contributed by atoms with E-state index in [0.717, 1.165) is 35.9 Å². The van der Waals surface area contributed by atoms with Crippen LogP contribution in [-0.2, 0) is 11.8 Å². The molecule has 1 heterocycles. The van der Waals surface area contributed by atoms with Gasteiger partial charge in [-0.3, -0.25) is 4.79 Å². The SMILES string of the molecule is CCN(C(=O)CSc1nnc(-c2ccccc2C)n1C)C1CCCCC1. The average molecular weight is 373 g/mol. The number of aryl methyl sites for hydroxylation is 1. The number of rotatable bonds is 6. The van der Waals surface area contributed by atoms with E-state index in [-0.39, 0.29) is 5.91 Å². The van der Waals surface area contributed by atoms with E-state index in [1.165, 1.54) is 36.6 Å². The lowest BCUT2D eigenvalue weighted by molar-refractivity contribution is -0.131. The van der Waals surface area contributed by atoms with Gasteiger partial charge < -0.3 is 9.47 Å². The zero-order valence-electron chi connectivity index (χ0n) is 15.9. The third kappa shape index (κ3) is 4.11. The summed E-state index contributed by atoms with van der Waals surface area (Å²) in [6.45, 7) is 4.94. The molecule has 0 spiro atoms. The third-order valence-electron chi connectivity index (χ3n) is 5.22. The lowest BCUT2D eigenvalue weighted by Crippen LogP contribution is -2.42. The molecule has 0 aliphatic heterocycles. The molecule has 0 atom stereocenters. The predicted molar refractivity (Wildman–Crippen MR) is 106 cm³/mol. The van der Waals surface area contributed by atoms with Crippen molar-refractivity contribution in [1.29, 1.82) is 0 Å². The summed E-state index contributed by atoms with van der Waals surface area (Å²) in [4.78, 5) is 14.8. The Morgan fingerprint density at radius 3 is 2.65 bits per heavy atom. The molecule has 2 aromatic rings. The maximum atomic E-state index is 12.7. The Hall–Kier alpha value is -1.82. The van der Waals surface area contributed by atoms with Gasteiger partial charge in [-0.05, 0) is 32.3 Å². The first-order valence-electron chi connectivity index (χ1n) is 9.49. The number of hydrogen-bond acceptors (Lipinski definition) is 4. The second-order valence-corrected chi connectivity index (χ2v) is 7.88. The van der Waals surface area contributed by atoms with Gasteiger partial charge in [0, 0.05) is 25.2 Å². The van der Waals surface area contributed by atoms with Crippen LogP contribution in [0.15, 0.2) is 29.4 Å². The van der Waals surface area contributed by atoms with E-state index in [1.54, 1.807) is 0 Å². The summed E-state index contributed by atoms with van der Waals surface area (Å²) in [6, 6.07) is 8.58. The molecular weight excluding hydrogens is 344 g/mol. The van der Waals surface area contributed by atoms with Gasteiger partial charge in [-0.25, -0.2) is 0 Å². The second-order valence-electron chi connectivity index (χ2n) is 6.94. The monoisotopic (exact) mass is 372 g/mol. The Kier molecular flexibility index (Phi) is 6.35. The molecule has 6 heteroatoms. The molecule has 1 fully saturated rings. The molecule has 1 aromatic carbocycles. The van der Waals surface area contributed by atoms with E-state index in [9.17, 15) is 4.79 Å². The van der Waals surface area contributed by atoms with Crippen molar-refractivity contribution in [2.75, 3.05) is 12.3 Å². The molecule has 1 saturated carbocycles. The quantitative estimate of drug-likeness (QED) is 0.718. The van der Waals surface area contributed by atoms with Crippen molar-refractivity contribution in [1.82, 2.24) is 19.7 Å². The molecule has 0 bridgehead atoms. The van der Waals surface area contributed by atoms with Crippen LogP contribution in [-0.4, -0.2) is 43.9 Å². The van der Waals surface area contributed by atoms with Crippen LogP contribution in [0.1, 0.15) is 44.6 Å². The standard InChI is InChI=1S/C20H28N4OS/c1-4-24(16-11-6-5-7-12-16)18(25)14-26-20-22-21-19(23(20)3)17-13-9-8-10-15(17)2/h8-10,13,16H,4-7,11-12,14H2,1-3H3. The summed E-state index contributed by atoms with van der Waals surface area (Å²) in [6.07, 6.45) is 6.07. The van der Waals surface area contributed by atoms with Crippen molar-refractivity contribution in [3.8, 4) is 11.4 Å². The Morgan fingerprint density at radius 2 is 1.96 bits per heavy atom. The number of carbonyl (C=O) groups excluding carboxylic acids is 1. The van der Waals surface area contributed by atoms with Crippen molar-refractivity contribution in [3.63, 3.8) is 0 Å². The Balaban J connectivity index is 1.66. The number of amides is 1. The van der Waals surface area contributed by atoms with E-state index in [2.05, 4.69) is 41.1 Å². The summed E-state index contributed by atoms with van der Waals surface area (Å²) in [5.74, 6) is 1.48. The van der Waals surface area contributed by atoms with E-state index in [4.69, 9.17) is 0 Å². The van der Waals surface area contributed by atoms with Gasteiger partial charge in [0.25, 0.3) is 0 Å². The van der Waals surface area contributed by atoms with E-state index < -0.39 is 0 Å². The van der Waals surface area contributed by atoms with Crippen molar-refractivity contribution in [2.24, 2.45) is 7.05 Å². The molecule has 0 saturated heterocycles. The van der Waals surface area contributed by atoms with E-state index in [1.807, 2.05) is 23.7 Å². The van der Waals surface area contributed by atoms with Gasteiger partial charge >= 0.3 is 0 Å². The molecule has 1 amide bonds. The highest BCUT2D eigenvalue weighted by Crippen LogP contribution is 2.26. The second kappa shape index (κ2) is 8.71. The van der Waals surface area contributed by atoms with Gasteiger partial charge in [0.1, 0.15) is 0 Å². The van der Waals surface area contributed by atoms with Crippen molar-refractivity contribution < 1.29 is 4.79 Å². The van der Waals surface area contributed by atoms with Crippen LogP contribution in [0.4, 0.5) is 0 Å². The minimum Gasteiger partial charge on any atom is -0.339 e. The highest BCUT2D eigenvalue weighted by molar-refractivity contribution is 7.99. The van der Waals surface area contributed by atoms with Crippen LogP contribution in [0.25, 0.3) is 11.4 Å². The summed E-state index contributed by atoms with van der Waals surface area (Å²) in [5, 5.41) is 9.44. The fraction of sp³-hybridized carbons (Fsp3) is 0.550. The van der Waals surface area contributed by atoms with Crippen LogP contribution in [0.2, 0.25) is 0 Å². The minimum absolute atomic E-state index is 0.213. The third-order valence-corrected chi connectivity index (χ3v) is 6.23. The normalized spacial score (nSPS) is 15.2. The van der Waals surface area contributed by atoms with E-state index >= 15 is 0 Å². The van der Waals surface area contributed by atoms with Gasteiger partial charge in [-0.15, -0.1) is 10.2 Å². The molecule has 0 N–H and O–H groups in total. The fourth-order valence-corrected chi connectivity index (χ4v) is 4.54. The van der Waals surface area contributed by atoms with Gasteiger partial charge in [-0.2, -0.15) is 0 Å². The van der Waals surface area contributed by atoms with Gasteiger partial charge in [0.05, 0.1) is 5.75 Å². The molecule has 26 heavy (non-hydrogen) atoms. The molecule has 5 nitrogen and oxygen atoms in total. The number of thioether (sulfide) groups is 1. The first-order valence-corrected chi connectivity index (χ1v) is 10.5. The Morgan fingerprint density at radius 1 is 1.23 bits per heavy atom. The molecule has 3 rings (SSSR count). The van der Waals surface area contributed by atoms with Gasteiger partial charge in [-0.1, -0.05) is 55.3 Å². The maximum absolute atomic E-state index is 12.7. The smallest absolute Gasteiger partial charge is 0.233 e. The van der Waals surface area contributed by atoms with Crippen LogP contribution in [0.5, 0.6) is 0 Å². The molecule has 1 aliphatic carbocycles. The Labute approximate surface area is 160 Å². The van der Waals surface area contributed by atoms with Crippen LogP contribution >= 0.6 is 11.8 Å². The first kappa shape index (κ1) is 19.0. The first-order chi connectivity index (χ1) is 12.6. The highest BCUT2D eigenvalue weighted by Gasteiger charge is 2.24. The highest BCUT2D eigenvalue weighted by atomic mass is 32.2. The fourth-order valence-electron chi connectivity index (χ4n) is 3.74. The van der Waals surface area contributed by atoms with Crippen molar-refractivity contribution in [2.45, 2.75) is 57.1 Å². The van der Waals surface area contributed by atoms with Crippen LogP contribution < -0.4 is 0 Å².